The van der Waals surface area contributed by atoms with Gasteiger partial charge in [-0.05, 0) is 25.8 Å². The van der Waals surface area contributed by atoms with Gasteiger partial charge < -0.3 is 14.6 Å². The Bertz CT molecular complexity index is 410. The fraction of sp³-hybridized carbons (Fsp3) is 0.643. The maximum atomic E-state index is 10.9. The van der Waals surface area contributed by atoms with Gasteiger partial charge >= 0.3 is 5.97 Å². The van der Waals surface area contributed by atoms with Crippen LogP contribution in [0.1, 0.15) is 48.6 Å². The van der Waals surface area contributed by atoms with E-state index >= 15 is 0 Å². The summed E-state index contributed by atoms with van der Waals surface area (Å²) in [6.45, 7) is 7.12. The molecule has 1 rings (SSSR count). The smallest absolute Gasteiger partial charge is 0.372 e. The lowest BCUT2D eigenvalue weighted by atomic mass is 10.1. The molecule has 108 valence electrons. The molecule has 0 saturated carbocycles. The number of furan rings is 1. The summed E-state index contributed by atoms with van der Waals surface area (Å²) in [6, 6.07) is 2.13. The van der Waals surface area contributed by atoms with Gasteiger partial charge in [-0.3, -0.25) is 4.90 Å². The normalized spacial score (nSPS) is 11.5. The number of hydrogen-bond acceptors (Lipinski definition) is 4. The van der Waals surface area contributed by atoms with E-state index in [1.807, 2.05) is 0 Å². The molecular formula is C14H23NO4. The molecule has 0 aliphatic rings. The molecule has 0 aliphatic carbocycles. The molecule has 1 aromatic heterocycles. The van der Waals surface area contributed by atoms with Gasteiger partial charge in [0.25, 0.3) is 0 Å². The Labute approximate surface area is 113 Å². The van der Waals surface area contributed by atoms with Crippen molar-refractivity contribution in [1.82, 2.24) is 4.90 Å². The van der Waals surface area contributed by atoms with E-state index in [9.17, 15) is 4.79 Å². The van der Waals surface area contributed by atoms with Gasteiger partial charge in [0.15, 0.2) is 0 Å². The molecule has 0 amide bonds. The Kier molecular flexibility index (Phi) is 6.05. The number of carboxylic acid groups (broad SMARTS) is 1. The van der Waals surface area contributed by atoms with E-state index in [1.165, 1.54) is 0 Å². The summed E-state index contributed by atoms with van der Waals surface area (Å²) in [4.78, 5) is 13.1. The molecular weight excluding hydrogens is 246 g/mol. The molecule has 19 heavy (non-hydrogen) atoms. The minimum atomic E-state index is -1.04. The predicted molar refractivity (Wildman–Crippen MR) is 72.3 cm³/mol. The molecule has 0 fully saturated rings. The molecule has 0 radical (unpaired) electrons. The molecule has 0 aliphatic heterocycles. The van der Waals surface area contributed by atoms with Gasteiger partial charge in [-0.25, -0.2) is 4.79 Å². The van der Waals surface area contributed by atoms with Crippen LogP contribution in [0.3, 0.4) is 0 Å². The topological polar surface area (TPSA) is 73.9 Å². The lowest BCUT2D eigenvalue weighted by Crippen LogP contribution is -2.36. The zero-order valence-electron chi connectivity index (χ0n) is 11.8. The van der Waals surface area contributed by atoms with Gasteiger partial charge in [0.1, 0.15) is 5.76 Å². The third-order valence-corrected chi connectivity index (χ3v) is 3.37. The maximum Gasteiger partial charge on any atom is 0.372 e. The van der Waals surface area contributed by atoms with Crippen molar-refractivity contribution in [3.63, 3.8) is 0 Å². The SMILES string of the molecule is CCC(CC)N(CCO)Cc1cc(C)c(C(=O)O)o1. The number of aliphatic hydroxyl groups is 1. The van der Waals surface area contributed by atoms with Crippen LogP contribution in [-0.4, -0.2) is 40.3 Å². The Balaban J connectivity index is 2.84. The molecule has 5 nitrogen and oxygen atoms in total. The highest BCUT2D eigenvalue weighted by molar-refractivity contribution is 5.86. The fourth-order valence-corrected chi connectivity index (χ4v) is 2.36. The highest BCUT2D eigenvalue weighted by Crippen LogP contribution is 2.19. The highest BCUT2D eigenvalue weighted by Gasteiger charge is 2.19. The second-order valence-corrected chi connectivity index (χ2v) is 4.69. The largest absolute Gasteiger partial charge is 0.475 e. The number of rotatable bonds is 8. The van der Waals surface area contributed by atoms with Gasteiger partial charge in [-0.1, -0.05) is 13.8 Å². The molecule has 5 heteroatoms. The molecule has 0 unspecified atom stereocenters. The van der Waals surface area contributed by atoms with Crippen molar-refractivity contribution in [3.8, 4) is 0 Å². The molecule has 0 spiro atoms. The van der Waals surface area contributed by atoms with E-state index in [1.54, 1.807) is 13.0 Å². The Hall–Kier alpha value is -1.33. The zero-order valence-corrected chi connectivity index (χ0v) is 11.8. The average molecular weight is 269 g/mol. The van der Waals surface area contributed by atoms with Crippen LogP contribution in [0.25, 0.3) is 0 Å². The van der Waals surface area contributed by atoms with Gasteiger partial charge in [-0.15, -0.1) is 0 Å². The first-order valence-electron chi connectivity index (χ1n) is 6.70. The van der Waals surface area contributed by atoms with Crippen molar-refractivity contribution < 1.29 is 19.4 Å². The number of carbonyl (C=O) groups is 1. The lowest BCUT2D eigenvalue weighted by Gasteiger charge is -2.28. The first-order chi connectivity index (χ1) is 9.03. The summed E-state index contributed by atoms with van der Waals surface area (Å²) < 4.78 is 5.37. The number of hydrogen-bond donors (Lipinski definition) is 2. The molecule has 1 aromatic rings. The third-order valence-electron chi connectivity index (χ3n) is 3.37. The van der Waals surface area contributed by atoms with Gasteiger partial charge in [-0.2, -0.15) is 0 Å². The molecule has 0 aromatic carbocycles. The van der Waals surface area contributed by atoms with Crippen molar-refractivity contribution in [1.29, 1.82) is 0 Å². The zero-order chi connectivity index (χ0) is 14.4. The maximum absolute atomic E-state index is 10.9. The Morgan fingerprint density at radius 3 is 2.47 bits per heavy atom. The summed E-state index contributed by atoms with van der Waals surface area (Å²) in [5.41, 5.74) is 0.635. The number of nitrogens with zero attached hydrogens (tertiary/aromatic N) is 1. The van der Waals surface area contributed by atoms with Crippen molar-refractivity contribution in [2.75, 3.05) is 13.2 Å². The van der Waals surface area contributed by atoms with E-state index in [-0.39, 0.29) is 12.4 Å². The third kappa shape index (κ3) is 4.08. The van der Waals surface area contributed by atoms with Crippen molar-refractivity contribution in [2.45, 2.75) is 46.2 Å². The summed E-state index contributed by atoms with van der Waals surface area (Å²) in [6.07, 6.45) is 1.98. The number of aliphatic hydroxyl groups excluding tert-OH is 1. The minimum Gasteiger partial charge on any atom is -0.475 e. The van der Waals surface area contributed by atoms with Gasteiger partial charge in [0.2, 0.25) is 5.76 Å². The number of aromatic carboxylic acids is 1. The monoisotopic (exact) mass is 269 g/mol. The van der Waals surface area contributed by atoms with Crippen LogP contribution in [0.15, 0.2) is 10.5 Å². The summed E-state index contributed by atoms with van der Waals surface area (Å²) >= 11 is 0. The molecule has 0 bridgehead atoms. The predicted octanol–water partition coefficient (Wildman–Crippen LogP) is 2.27. The molecule has 2 N–H and O–H groups in total. The quantitative estimate of drug-likeness (QED) is 0.757. The van der Waals surface area contributed by atoms with Crippen molar-refractivity contribution >= 4 is 5.97 Å². The van der Waals surface area contributed by atoms with Crippen LogP contribution in [0.5, 0.6) is 0 Å². The summed E-state index contributed by atoms with van der Waals surface area (Å²) in [5.74, 6) is -0.404. The molecule has 1 heterocycles. The van der Waals surface area contributed by atoms with E-state index in [2.05, 4.69) is 18.7 Å². The summed E-state index contributed by atoms with van der Waals surface area (Å²) in [7, 11) is 0. The van der Waals surface area contributed by atoms with Crippen LogP contribution >= 0.6 is 0 Å². The fourth-order valence-electron chi connectivity index (χ4n) is 2.36. The first-order valence-corrected chi connectivity index (χ1v) is 6.70. The standard InChI is InChI=1S/C14H23NO4/c1-4-11(5-2)15(6-7-16)9-12-8-10(3)13(19-12)14(17)18/h8,11,16H,4-7,9H2,1-3H3,(H,17,18). The second-order valence-electron chi connectivity index (χ2n) is 4.69. The second kappa shape index (κ2) is 7.31. The Morgan fingerprint density at radius 2 is 2.05 bits per heavy atom. The number of carboxylic acids is 1. The molecule has 0 atom stereocenters. The average Bonchev–Trinajstić information content (AvgIpc) is 2.72. The van der Waals surface area contributed by atoms with E-state index < -0.39 is 5.97 Å². The lowest BCUT2D eigenvalue weighted by molar-refractivity contribution is 0.0654. The molecule has 0 saturated heterocycles. The van der Waals surface area contributed by atoms with Crippen LogP contribution < -0.4 is 0 Å². The highest BCUT2D eigenvalue weighted by atomic mass is 16.4. The van der Waals surface area contributed by atoms with E-state index in [4.69, 9.17) is 14.6 Å². The van der Waals surface area contributed by atoms with Crippen molar-refractivity contribution in [3.05, 3.63) is 23.2 Å². The van der Waals surface area contributed by atoms with E-state index in [0.717, 1.165) is 12.8 Å². The first kappa shape index (κ1) is 15.7. The van der Waals surface area contributed by atoms with Crippen molar-refractivity contribution in [2.24, 2.45) is 0 Å². The van der Waals surface area contributed by atoms with Gasteiger partial charge in [0.05, 0.1) is 13.2 Å². The minimum absolute atomic E-state index is 0.00324. The van der Waals surface area contributed by atoms with Crippen LogP contribution in [-0.2, 0) is 6.54 Å². The number of aryl methyl sites for hydroxylation is 1. The van der Waals surface area contributed by atoms with E-state index in [0.29, 0.717) is 30.5 Å². The Morgan fingerprint density at radius 1 is 1.42 bits per heavy atom. The summed E-state index contributed by atoms with van der Waals surface area (Å²) in [5, 5.41) is 18.1. The van der Waals surface area contributed by atoms with Gasteiger partial charge in [0, 0.05) is 18.2 Å². The van der Waals surface area contributed by atoms with Crippen LogP contribution in [0.4, 0.5) is 0 Å². The van der Waals surface area contributed by atoms with Crippen LogP contribution in [0.2, 0.25) is 0 Å². The van der Waals surface area contributed by atoms with Crippen LogP contribution in [0, 0.1) is 6.92 Å².